The van der Waals surface area contributed by atoms with Crippen molar-refractivity contribution in [2.45, 2.75) is 18.6 Å². The molecule has 1 fully saturated rings. The van der Waals surface area contributed by atoms with Crippen LogP contribution in [-0.2, 0) is 16.1 Å². The van der Waals surface area contributed by atoms with E-state index in [4.69, 9.17) is 16.1 Å². The van der Waals surface area contributed by atoms with Gasteiger partial charge in [-0.25, -0.2) is 9.29 Å². The molecule has 0 bridgehead atoms. The van der Waals surface area contributed by atoms with Gasteiger partial charge in [-0.3, -0.25) is 14.6 Å². The topological polar surface area (TPSA) is 104 Å². The predicted molar refractivity (Wildman–Crippen MR) is 102 cm³/mol. The van der Waals surface area contributed by atoms with Crippen molar-refractivity contribution < 1.29 is 18.5 Å². The molecule has 30 heavy (non-hydrogen) atoms. The number of rotatable bonds is 4. The Morgan fingerprint density at radius 2 is 1.90 bits per heavy atom. The van der Waals surface area contributed by atoms with E-state index >= 15 is 0 Å². The highest BCUT2D eigenvalue weighted by molar-refractivity contribution is 6.30. The first kappa shape index (κ1) is 18.4. The summed E-state index contributed by atoms with van der Waals surface area (Å²) in [7, 11) is 0. The van der Waals surface area contributed by atoms with Gasteiger partial charge in [0, 0.05) is 10.6 Å². The molecular weight excluding hydrogens is 415 g/mol. The third kappa shape index (κ3) is 3.01. The number of fused-ring (bicyclic) bond motifs is 1. The van der Waals surface area contributed by atoms with E-state index in [-0.39, 0.29) is 18.1 Å². The smallest absolute Gasteiger partial charge is 0.263 e. The molecule has 5 rings (SSSR count). The molecule has 2 amide bonds. The Labute approximate surface area is 173 Å². The molecule has 0 unspecified atom stereocenters. The van der Waals surface area contributed by atoms with Crippen LogP contribution in [0.15, 0.2) is 63.4 Å². The van der Waals surface area contributed by atoms with E-state index in [1.54, 1.807) is 24.3 Å². The summed E-state index contributed by atoms with van der Waals surface area (Å²) in [5.74, 6) is -1.11. The molecule has 11 heteroatoms. The Bertz CT molecular complexity index is 1180. The van der Waals surface area contributed by atoms with E-state index in [0.29, 0.717) is 16.4 Å². The standard InChI is InChI=1S/C19H12ClFN6O3/c20-11-6-4-10(5-7-11)17-22-14(30-24-17)9-26-16-15(23-25-26)18(28)27(19(16)29)13-3-1-2-12(21)8-13/h1-8,15-16H,9H2/t15-,16-/m0/s1. The second-order valence-corrected chi connectivity index (χ2v) is 7.14. The fourth-order valence-electron chi connectivity index (χ4n) is 3.40. The molecule has 0 aliphatic carbocycles. The van der Waals surface area contributed by atoms with Crippen molar-refractivity contribution in [3.63, 3.8) is 0 Å². The summed E-state index contributed by atoms with van der Waals surface area (Å²) in [6, 6.07) is 10.2. The average Bonchev–Trinajstić information content (AvgIpc) is 3.41. The van der Waals surface area contributed by atoms with Crippen LogP contribution in [0.3, 0.4) is 0 Å². The van der Waals surface area contributed by atoms with Crippen LogP contribution < -0.4 is 4.90 Å². The number of halogens is 2. The quantitative estimate of drug-likeness (QED) is 0.594. The van der Waals surface area contributed by atoms with Crippen LogP contribution in [0.2, 0.25) is 5.02 Å². The molecule has 0 radical (unpaired) electrons. The second kappa shape index (κ2) is 6.99. The van der Waals surface area contributed by atoms with Crippen LogP contribution >= 0.6 is 11.6 Å². The van der Waals surface area contributed by atoms with Crippen LogP contribution in [0.1, 0.15) is 5.89 Å². The molecule has 150 valence electrons. The van der Waals surface area contributed by atoms with Crippen molar-refractivity contribution in [1.29, 1.82) is 0 Å². The lowest BCUT2D eigenvalue weighted by Gasteiger charge is -2.19. The first-order chi connectivity index (χ1) is 14.5. The van der Waals surface area contributed by atoms with Gasteiger partial charge in [-0.1, -0.05) is 28.0 Å². The summed E-state index contributed by atoms with van der Waals surface area (Å²) in [4.78, 5) is 30.8. The normalized spacial score (nSPS) is 20.3. The van der Waals surface area contributed by atoms with E-state index in [1.165, 1.54) is 23.2 Å². The van der Waals surface area contributed by atoms with Crippen LogP contribution in [-0.4, -0.2) is 39.0 Å². The van der Waals surface area contributed by atoms with E-state index in [2.05, 4.69) is 20.5 Å². The zero-order valence-electron chi connectivity index (χ0n) is 15.1. The lowest BCUT2D eigenvalue weighted by Crippen LogP contribution is -2.39. The Balaban J connectivity index is 1.36. The van der Waals surface area contributed by atoms with Gasteiger partial charge in [0.25, 0.3) is 11.8 Å². The molecule has 3 aromatic rings. The zero-order valence-corrected chi connectivity index (χ0v) is 15.9. The molecular formula is C19H12ClFN6O3. The van der Waals surface area contributed by atoms with E-state index in [1.807, 2.05) is 0 Å². The number of carbonyl (C=O) groups excluding carboxylic acids is 2. The molecule has 0 saturated carbocycles. The first-order valence-corrected chi connectivity index (χ1v) is 9.28. The maximum absolute atomic E-state index is 13.6. The van der Waals surface area contributed by atoms with Crippen molar-refractivity contribution >= 4 is 29.1 Å². The maximum Gasteiger partial charge on any atom is 0.263 e. The molecule has 0 N–H and O–H groups in total. The molecule has 1 aromatic heterocycles. The van der Waals surface area contributed by atoms with Gasteiger partial charge in [-0.15, -0.1) is 0 Å². The Morgan fingerprint density at radius 1 is 1.10 bits per heavy atom. The number of nitrogens with zero attached hydrogens (tertiary/aromatic N) is 6. The number of aromatic nitrogens is 2. The van der Waals surface area contributed by atoms with Crippen LogP contribution in [0.5, 0.6) is 0 Å². The molecule has 9 nitrogen and oxygen atoms in total. The fourth-order valence-corrected chi connectivity index (χ4v) is 3.52. The van der Waals surface area contributed by atoms with Crippen LogP contribution in [0.25, 0.3) is 11.4 Å². The zero-order chi connectivity index (χ0) is 20.8. The highest BCUT2D eigenvalue weighted by Gasteiger charge is 2.55. The summed E-state index contributed by atoms with van der Waals surface area (Å²) < 4.78 is 18.8. The third-order valence-electron chi connectivity index (χ3n) is 4.79. The Hall–Kier alpha value is -3.66. The number of anilines is 1. The largest absolute Gasteiger partial charge is 0.337 e. The SMILES string of the molecule is O=C1[C@H]2N=NN(Cc3nc(-c4ccc(Cl)cc4)no3)[C@@H]2C(=O)N1c1cccc(F)c1. The summed E-state index contributed by atoms with van der Waals surface area (Å²) in [5, 5.41) is 13.7. The molecule has 2 aliphatic rings. The van der Waals surface area contributed by atoms with Gasteiger partial charge >= 0.3 is 0 Å². The van der Waals surface area contributed by atoms with Crippen molar-refractivity contribution in [3.8, 4) is 11.4 Å². The van der Waals surface area contributed by atoms with Gasteiger partial charge in [0.1, 0.15) is 12.4 Å². The van der Waals surface area contributed by atoms with Gasteiger partial charge in [0.05, 0.1) is 5.69 Å². The predicted octanol–water partition coefficient (Wildman–Crippen LogP) is 3.02. The number of imide groups is 1. The monoisotopic (exact) mass is 426 g/mol. The summed E-state index contributed by atoms with van der Waals surface area (Å²) >= 11 is 5.88. The lowest BCUT2D eigenvalue weighted by atomic mass is 10.1. The van der Waals surface area contributed by atoms with Crippen molar-refractivity contribution in [2.75, 3.05) is 4.90 Å². The van der Waals surface area contributed by atoms with E-state index in [9.17, 15) is 14.0 Å². The van der Waals surface area contributed by atoms with Crippen molar-refractivity contribution in [2.24, 2.45) is 10.3 Å². The van der Waals surface area contributed by atoms with Gasteiger partial charge in [-0.05, 0) is 42.5 Å². The number of carbonyl (C=O) groups is 2. The van der Waals surface area contributed by atoms with Crippen molar-refractivity contribution in [1.82, 2.24) is 15.1 Å². The van der Waals surface area contributed by atoms with Gasteiger partial charge < -0.3 is 4.52 Å². The summed E-state index contributed by atoms with van der Waals surface area (Å²) in [5.41, 5.74) is 0.858. The maximum atomic E-state index is 13.6. The van der Waals surface area contributed by atoms with Crippen LogP contribution in [0.4, 0.5) is 10.1 Å². The van der Waals surface area contributed by atoms with Gasteiger partial charge in [-0.2, -0.15) is 10.1 Å². The fraction of sp³-hybridized carbons (Fsp3) is 0.158. The molecule has 2 atom stereocenters. The minimum atomic E-state index is -1.00. The number of benzene rings is 2. The Kier molecular flexibility index (Phi) is 4.28. The average molecular weight is 427 g/mol. The molecule has 1 saturated heterocycles. The Morgan fingerprint density at radius 3 is 2.67 bits per heavy atom. The van der Waals surface area contributed by atoms with Crippen molar-refractivity contribution in [3.05, 3.63) is 65.3 Å². The molecule has 2 aliphatic heterocycles. The summed E-state index contributed by atoms with van der Waals surface area (Å²) in [6.45, 7) is -0.0126. The minimum absolute atomic E-state index is 0.0126. The third-order valence-corrected chi connectivity index (χ3v) is 5.04. The highest BCUT2D eigenvalue weighted by Crippen LogP contribution is 2.33. The minimum Gasteiger partial charge on any atom is -0.337 e. The number of hydrogen-bond acceptors (Lipinski definition) is 8. The van der Waals surface area contributed by atoms with Gasteiger partial charge in [0.15, 0.2) is 12.1 Å². The number of hydrogen-bond donors (Lipinski definition) is 0. The number of amides is 2. The van der Waals surface area contributed by atoms with E-state index < -0.39 is 29.7 Å². The molecule has 3 heterocycles. The van der Waals surface area contributed by atoms with Gasteiger partial charge in [0.2, 0.25) is 11.7 Å². The van der Waals surface area contributed by atoms with E-state index in [0.717, 1.165) is 11.0 Å². The molecule has 2 aromatic carbocycles. The van der Waals surface area contributed by atoms with Crippen LogP contribution in [0, 0.1) is 5.82 Å². The highest BCUT2D eigenvalue weighted by atomic mass is 35.5. The first-order valence-electron chi connectivity index (χ1n) is 8.90. The lowest BCUT2D eigenvalue weighted by molar-refractivity contribution is -0.123. The summed E-state index contributed by atoms with van der Waals surface area (Å²) in [6.07, 6.45) is 0. The molecule has 0 spiro atoms. The second-order valence-electron chi connectivity index (χ2n) is 6.70.